The summed E-state index contributed by atoms with van der Waals surface area (Å²) in [5.74, 6) is 0.881. The van der Waals surface area contributed by atoms with E-state index >= 15 is 0 Å². The van der Waals surface area contributed by atoms with E-state index in [-0.39, 0.29) is 16.9 Å². The van der Waals surface area contributed by atoms with Gasteiger partial charge in [0.2, 0.25) is 0 Å². The van der Waals surface area contributed by atoms with Crippen molar-refractivity contribution in [2.24, 2.45) is 11.3 Å². The maximum absolute atomic E-state index is 12.6. The van der Waals surface area contributed by atoms with Crippen LogP contribution in [0.2, 0.25) is 0 Å². The monoisotopic (exact) mass is 344 g/mol. The summed E-state index contributed by atoms with van der Waals surface area (Å²) in [6.45, 7) is 16.5. The van der Waals surface area contributed by atoms with E-state index in [2.05, 4.69) is 63.9 Å². The first-order chi connectivity index (χ1) is 11.5. The molecule has 1 aromatic rings. The molecule has 0 aromatic heterocycles. The van der Waals surface area contributed by atoms with Gasteiger partial charge in [0.05, 0.1) is 0 Å². The topological polar surface area (TPSA) is 32.3 Å². The first-order valence-electron chi connectivity index (χ1n) is 9.68. The average molecular weight is 345 g/mol. The highest BCUT2D eigenvalue weighted by molar-refractivity contribution is 5.94. The van der Waals surface area contributed by atoms with Crippen molar-refractivity contribution < 1.29 is 4.79 Å². The molecule has 25 heavy (non-hydrogen) atoms. The van der Waals surface area contributed by atoms with Crippen LogP contribution >= 0.6 is 0 Å². The van der Waals surface area contributed by atoms with Gasteiger partial charge in [-0.15, -0.1) is 0 Å². The second kappa shape index (κ2) is 7.90. The molecule has 1 saturated heterocycles. The zero-order valence-electron chi connectivity index (χ0n) is 17.0. The van der Waals surface area contributed by atoms with Gasteiger partial charge in [-0.3, -0.25) is 9.69 Å². The normalized spacial score (nSPS) is 17.5. The fourth-order valence-electron chi connectivity index (χ4n) is 3.99. The molecule has 1 N–H and O–H groups in total. The predicted molar refractivity (Wildman–Crippen MR) is 106 cm³/mol. The van der Waals surface area contributed by atoms with Gasteiger partial charge in [-0.05, 0) is 75.2 Å². The largest absolute Gasteiger partial charge is 0.347 e. The predicted octanol–water partition coefficient (Wildman–Crippen LogP) is 4.86. The van der Waals surface area contributed by atoms with E-state index in [1.807, 2.05) is 12.1 Å². The molecule has 3 nitrogen and oxygen atoms in total. The Morgan fingerprint density at radius 3 is 2.16 bits per heavy atom. The van der Waals surface area contributed by atoms with Crippen LogP contribution in [0.15, 0.2) is 24.3 Å². The van der Waals surface area contributed by atoms with Crippen molar-refractivity contribution in [2.45, 2.75) is 72.9 Å². The summed E-state index contributed by atoms with van der Waals surface area (Å²) in [7, 11) is 0. The molecule has 0 spiro atoms. The minimum atomic E-state index is -0.210. The van der Waals surface area contributed by atoms with Crippen molar-refractivity contribution in [1.82, 2.24) is 10.2 Å². The number of rotatable bonds is 5. The number of carbonyl (C=O) groups is 1. The van der Waals surface area contributed by atoms with Crippen molar-refractivity contribution in [3.8, 4) is 0 Å². The zero-order valence-corrected chi connectivity index (χ0v) is 17.0. The number of hydrogen-bond acceptors (Lipinski definition) is 2. The Balaban J connectivity index is 1.91. The van der Waals surface area contributed by atoms with E-state index in [0.29, 0.717) is 0 Å². The number of nitrogens with zero attached hydrogens (tertiary/aromatic N) is 1. The summed E-state index contributed by atoms with van der Waals surface area (Å²) in [4.78, 5) is 15.1. The maximum Gasteiger partial charge on any atom is 0.251 e. The van der Waals surface area contributed by atoms with Crippen LogP contribution in [-0.4, -0.2) is 29.4 Å². The molecule has 1 aromatic carbocycles. The highest BCUT2D eigenvalue weighted by Crippen LogP contribution is 2.27. The highest BCUT2D eigenvalue weighted by Gasteiger charge is 2.27. The summed E-state index contributed by atoms with van der Waals surface area (Å²) < 4.78 is 0. The molecular weight excluding hydrogens is 308 g/mol. The molecular formula is C22H36N2O. The second-order valence-corrected chi connectivity index (χ2v) is 9.73. The number of hydrogen-bond donors (Lipinski definition) is 1. The van der Waals surface area contributed by atoms with Crippen LogP contribution in [0, 0.1) is 11.3 Å². The fraction of sp³-hybridized carbons (Fsp3) is 0.682. The molecule has 1 amide bonds. The zero-order chi connectivity index (χ0) is 18.7. The summed E-state index contributed by atoms with van der Waals surface area (Å²) in [5, 5.41) is 3.19. The van der Waals surface area contributed by atoms with E-state index < -0.39 is 0 Å². The number of amides is 1. The summed E-state index contributed by atoms with van der Waals surface area (Å²) in [6, 6.07) is 8.13. The Hall–Kier alpha value is -1.35. The van der Waals surface area contributed by atoms with Crippen LogP contribution in [0.3, 0.4) is 0 Å². The first kappa shape index (κ1) is 20.0. The van der Waals surface area contributed by atoms with E-state index in [1.54, 1.807) is 0 Å². The van der Waals surface area contributed by atoms with Gasteiger partial charge >= 0.3 is 0 Å². The van der Waals surface area contributed by atoms with Crippen molar-refractivity contribution in [2.75, 3.05) is 13.1 Å². The molecule has 0 saturated carbocycles. The molecule has 0 bridgehead atoms. The molecule has 1 fully saturated rings. The third-order valence-electron chi connectivity index (χ3n) is 4.92. The quantitative estimate of drug-likeness (QED) is 0.827. The number of nitrogens with one attached hydrogen (secondary N) is 1. The lowest BCUT2D eigenvalue weighted by molar-refractivity contribution is 0.0891. The molecule has 0 atom stereocenters. The number of carbonyl (C=O) groups excluding carboxylic acids is 1. The summed E-state index contributed by atoms with van der Waals surface area (Å²) in [5.41, 5.74) is 2.02. The first-order valence-corrected chi connectivity index (χ1v) is 9.68. The molecule has 0 unspecified atom stereocenters. The number of likely N-dealkylation sites (tertiary alicyclic amines) is 1. The van der Waals surface area contributed by atoms with Crippen LogP contribution < -0.4 is 5.32 Å². The molecule has 0 aliphatic carbocycles. The molecule has 1 heterocycles. The lowest BCUT2D eigenvalue weighted by Crippen LogP contribution is -2.45. The van der Waals surface area contributed by atoms with Crippen molar-refractivity contribution >= 4 is 5.91 Å². The van der Waals surface area contributed by atoms with Gasteiger partial charge in [-0.1, -0.05) is 39.8 Å². The molecule has 1 aliphatic heterocycles. The van der Waals surface area contributed by atoms with E-state index in [9.17, 15) is 4.79 Å². The molecule has 0 radical (unpaired) electrons. The van der Waals surface area contributed by atoms with Crippen LogP contribution in [0.4, 0.5) is 0 Å². The third kappa shape index (κ3) is 6.81. The van der Waals surface area contributed by atoms with Gasteiger partial charge in [0.1, 0.15) is 0 Å². The Morgan fingerprint density at radius 2 is 1.64 bits per heavy atom. The Morgan fingerprint density at radius 1 is 1.08 bits per heavy atom. The number of piperidine rings is 1. The Bertz CT molecular complexity index is 561. The van der Waals surface area contributed by atoms with Gasteiger partial charge < -0.3 is 5.32 Å². The Kier molecular flexibility index (Phi) is 6.31. The minimum absolute atomic E-state index is 0.0209. The van der Waals surface area contributed by atoms with Gasteiger partial charge in [-0.25, -0.2) is 0 Å². The lowest BCUT2D eigenvalue weighted by atomic mass is 9.81. The van der Waals surface area contributed by atoms with Crippen LogP contribution in [0.5, 0.6) is 0 Å². The molecule has 3 heteroatoms. The smallest absolute Gasteiger partial charge is 0.251 e. The van der Waals surface area contributed by atoms with Crippen LogP contribution in [-0.2, 0) is 6.54 Å². The lowest BCUT2D eigenvalue weighted by Gasteiger charge is -2.33. The fourth-order valence-corrected chi connectivity index (χ4v) is 3.99. The van der Waals surface area contributed by atoms with Gasteiger partial charge in [0.15, 0.2) is 0 Å². The van der Waals surface area contributed by atoms with Crippen molar-refractivity contribution in [3.05, 3.63) is 35.4 Å². The molecule has 140 valence electrons. The average Bonchev–Trinajstić information content (AvgIpc) is 2.47. The van der Waals surface area contributed by atoms with E-state index in [4.69, 9.17) is 0 Å². The maximum atomic E-state index is 12.6. The highest BCUT2D eigenvalue weighted by atomic mass is 16.1. The van der Waals surface area contributed by atoms with Crippen LogP contribution in [0.25, 0.3) is 0 Å². The van der Waals surface area contributed by atoms with Crippen molar-refractivity contribution in [3.63, 3.8) is 0 Å². The van der Waals surface area contributed by atoms with E-state index in [1.165, 1.54) is 31.5 Å². The second-order valence-electron chi connectivity index (χ2n) is 9.73. The van der Waals surface area contributed by atoms with Gasteiger partial charge in [0.25, 0.3) is 5.91 Å². The Labute approximate surface area is 154 Å². The van der Waals surface area contributed by atoms with Crippen molar-refractivity contribution in [1.29, 1.82) is 0 Å². The third-order valence-corrected chi connectivity index (χ3v) is 4.92. The number of benzene rings is 1. The van der Waals surface area contributed by atoms with E-state index in [0.717, 1.165) is 24.4 Å². The van der Waals surface area contributed by atoms with Gasteiger partial charge in [-0.2, -0.15) is 0 Å². The SMILES string of the molecule is CC1CCN(Cc2ccc(C(=O)NC(C)(C)CC(C)(C)C)cc2)CC1. The molecule has 1 aliphatic rings. The summed E-state index contributed by atoms with van der Waals surface area (Å²) in [6.07, 6.45) is 3.53. The summed E-state index contributed by atoms with van der Waals surface area (Å²) >= 11 is 0. The molecule has 2 rings (SSSR count). The standard InChI is InChI=1S/C22H36N2O/c1-17-11-13-24(14-12-17)15-18-7-9-19(10-8-18)20(25)23-22(5,6)16-21(2,3)4/h7-10,17H,11-16H2,1-6H3,(H,23,25). The van der Waals surface area contributed by atoms with Gasteiger partial charge in [0, 0.05) is 17.6 Å². The minimum Gasteiger partial charge on any atom is -0.347 e. The van der Waals surface area contributed by atoms with Crippen LogP contribution in [0.1, 0.15) is 76.7 Å².